The average Bonchev–Trinajstić information content (AvgIpc) is 2.41. The van der Waals surface area contributed by atoms with Crippen LogP contribution in [0.2, 0.25) is 5.02 Å². The SMILES string of the molecule is CC(O)c1ncnc(NCCc2ccccc2)c1Cl. The number of rotatable bonds is 5. The molecule has 0 saturated heterocycles. The Labute approximate surface area is 117 Å². The van der Waals surface area contributed by atoms with Gasteiger partial charge in [-0.15, -0.1) is 0 Å². The van der Waals surface area contributed by atoms with Crippen molar-refractivity contribution in [1.29, 1.82) is 0 Å². The molecular formula is C14H16ClN3O. The summed E-state index contributed by atoms with van der Waals surface area (Å²) in [6, 6.07) is 10.2. The summed E-state index contributed by atoms with van der Waals surface area (Å²) in [4.78, 5) is 8.06. The maximum absolute atomic E-state index is 9.53. The lowest BCUT2D eigenvalue weighted by Crippen LogP contribution is -2.09. The van der Waals surface area contributed by atoms with Gasteiger partial charge in [-0.1, -0.05) is 41.9 Å². The summed E-state index contributed by atoms with van der Waals surface area (Å²) in [7, 11) is 0. The van der Waals surface area contributed by atoms with Crippen LogP contribution in [0, 0.1) is 0 Å². The molecule has 1 aromatic heterocycles. The second-order valence-corrected chi connectivity index (χ2v) is 4.64. The molecule has 1 unspecified atom stereocenters. The van der Waals surface area contributed by atoms with Gasteiger partial charge < -0.3 is 10.4 Å². The summed E-state index contributed by atoms with van der Waals surface area (Å²) in [6.07, 6.45) is 1.58. The highest BCUT2D eigenvalue weighted by Gasteiger charge is 2.12. The smallest absolute Gasteiger partial charge is 0.148 e. The number of hydrogen-bond acceptors (Lipinski definition) is 4. The minimum Gasteiger partial charge on any atom is -0.387 e. The third-order valence-electron chi connectivity index (χ3n) is 2.76. The van der Waals surface area contributed by atoms with Crippen LogP contribution in [0.1, 0.15) is 24.3 Å². The maximum atomic E-state index is 9.53. The first-order chi connectivity index (χ1) is 9.18. The molecule has 4 nitrogen and oxygen atoms in total. The molecule has 2 rings (SSSR count). The summed E-state index contributed by atoms with van der Waals surface area (Å²) in [5.41, 5.74) is 1.69. The molecule has 100 valence electrons. The van der Waals surface area contributed by atoms with Gasteiger partial charge in [-0.05, 0) is 18.9 Å². The first kappa shape index (κ1) is 13.8. The largest absolute Gasteiger partial charge is 0.387 e. The normalized spacial score (nSPS) is 12.2. The van der Waals surface area contributed by atoms with Gasteiger partial charge in [0, 0.05) is 6.54 Å². The van der Waals surface area contributed by atoms with E-state index >= 15 is 0 Å². The highest BCUT2D eigenvalue weighted by atomic mass is 35.5. The third-order valence-corrected chi connectivity index (χ3v) is 3.13. The van der Waals surface area contributed by atoms with E-state index in [0.29, 0.717) is 16.5 Å². The molecule has 19 heavy (non-hydrogen) atoms. The third kappa shape index (κ3) is 3.66. The lowest BCUT2D eigenvalue weighted by atomic mass is 10.1. The molecule has 1 aromatic carbocycles. The second-order valence-electron chi connectivity index (χ2n) is 4.26. The van der Waals surface area contributed by atoms with Crippen molar-refractivity contribution in [2.45, 2.75) is 19.4 Å². The quantitative estimate of drug-likeness (QED) is 0.882. The van der Waals surface area contributed by atoms with E-state index in [2.05, 4.69) is 27.4 Å². The van der Waals surface area contributed by atoms with E-state index in [1.165, 1.54) is 11.9 Å². The number of benzene rings is 1. The summed E-state index contributed by atoms with van der Waals surface area (Å²) >= 11 is 6.14. The lowest BCUT2D eigenvalue weighted by molar-refractivity contribution is 0.194. The molecular weight excluding hydrogens is 262 g/mol. The summed E-state index contributed by atoms with van der Waals surface area (Å²) in [6.45, 7) is 2.35. The van der Waals surface area contributed by atoms with Gasteiger partial charge in [0.1, 0.15) is 17.2 Å². The van der Waals surface area contributed by atoms with Crippen molar-refractivity contribution in [1.82, 2.24) is 9.97 Å². The van der Waals surface area contributed by atoms with Gasteiger partial charge in [-0.2, -0.15) is 0 Å². The first-order valence-corrected chi connectivity index (χ1v) is 6.52. The van der Waals surface area contributed by atoms with Gasteiger partial charge in [0.25, 0.3) is 0 Å². The van der Waals surface area contributed by atoms with Crippen LogP contribution in [0.3, 0.4) is 0 Å². The van der Waals surface area contributed by atoms with Crippen molar-refractivity contribution in [3.8, 4) is 0 Å². The summed E-state index contributed by atoms with van der Waals surface area (Å²) < 4.78 is 0. The molecule has 5 heteroatoms. The maximum Gasteiger partial charge on any atom is 0.148 e. The van der Waals surface area contributed by atoms with Crippen LogP contribution in [-0.2, 0) is 6.42 Å². The van der Waals surface area contributed by atoms with Crippen LogP contribution in [0.5, 0.6) is 0 Å². The van der Waals surface area contributed by atoms with Crippen LogP contribution in [0.4, 0.5) is 5.82 Å². The van der Waals surface area contributed by atoms with E-state index < -0.39 is 6.10 Å². The fraction of sp³-hybridized carbons (Fsp3) is 0.286. The molecule has 0 bridgehead atoms. The van der Waals surface area contributed by atoms with Crippen molar-refractivity contribution >= 4 is 17.4 Å². The van der Waals surface area contributed by atoms with Gasteiger partial charge >= 0.3 is 0 Å². The number of nitrogens with zero attached hydrogens (tertiary/aromatic N) is 2. The van der Waals surface area contributed by atoms with Crippen LogP contribution in [0.15, 0.2) is 36.7 Å². The van der Waals surface area contributed by atoms with Crippen molar-refractivity contribution in [3.63, 3.8) is 0 Å². The number of aliphatic hydroxyl groups is 1. The first-order valence-electron chi connectivity index (χ1n) is 6.14. The summed E-state index contributed by atoms with van der Waals surface area (Å²) in [5.74, 6) is 0.559. The topological polar surface area (TPSA) is 58.0 Å². The number of halogens is 1. The Hall–Kier alpha value is -1.65. The lowest BCUT2D eigenvalue weighted by Gasteiger charge is -2.11. The molecule has 2 N–H and O–H groups in total. The molecule has 0 spiro atoms. The Balaban J connectivity index is 1.98. The van der Waals surface area contributed by atoms with Crippen molar-refractivity contribution < 1.29 is 5.11 Å². The number of hydrogen-bond donors (Lipinski definition) is 2. The zero-order chi connectivity index (χ0) is 13.7. The van der Waals surface area contributed by atoms with E-state index in [4.69, 9.17) is 11.6 Å². The van der Waals surface area contributed by atoms with Crippen LogP contribution >= 0.6 is 11.6 Å². The van der Waals surface area contributed by atoms with E-state index in [9.17, 15) is 5.11 Å². The Morgan fingerprint density at radius 2 is 2.00 bits per heavy atom. The minimum atomic E-state index is -0.704. The highest BCUT2D eigenvalue weighted by Crippen LogP contribution is 2.26. The fourth-order valence-electron chi connectivity index (χ4n) is 1.77. The van der Waals surface area contributed by atoms with E-state index in [1.54, 1.807) is 6.92 Å². The van der Waals surface area contributed by atoms with Crippen molar-refractivity contribution in [2.24, 2.45) is 0 Å². The van der Waals surface area contributed by atoms with Crippen molar-refractivity contribution in [2.75, 3.05) is 11.9 Å². The molecule has 1 atom stereocenters. The Morgan fingerprint density at radius 3 is 2.68 bits per heavy atom. The zero-order valence-corrected chi connectivity index (χ0v) is 11.4. The van der Waals surface area contributed by atoms with E-state index in [1.807, 2.05) is 18.2 Å². The second kappa shape index (κ2) is 6.50. The van der Waals surface area contributed by atoms with E-state index in [-0.39, 0.29) is 0 Å². The van der Waals surface area contributed by atoms with Gasteiger partial charge in [0.05, 0.1) is 11.8 Å². The Kier molecular flexibility index (Phi) is 4.71. The summed E-state index contributed by atoms with van der Waals surface area (Å²) in [5, 5.41) is 13.1. The molecule has 1 heterocycles. The standard InChI is InChI=1S/C14H16ClN3O/c1-10(19)13-12(15)14(18-9-17-13)16-8-7-11-5-3-2-4-6-11/h2-6,9-10,19H,7-8H2,1H3,(H,16,17,18). The molecule has 0 aliphatic carbocycles. The van der Waals surface area contributed by atoms with Gasteiger partial charge in [-0.25, -0.2) is 9.97 Å². The van der Waals surface area contributed by atoms with E-state index in [0.717, 1.165) is 13.0 Å². The molecule has 0 radical (unpaired) electrons. The number of nitrogens with one attached hydrogen (secondary N) is 1. The fourth-order valence-corrected chi connectivity index (χ4v) is 2.09. The molecule has 0 amide bonds. The highest BCUT2D eigenvalue weighted by molar-refractivity contribution is 6.33. The predicted octanol–water partition coefficient (Wildman–Crippen LogP) is 2.84. The van der Waals surface area contributed by atoms with Crippen LogP contribution < -0.4 is 5.32 Å². The minimum absolute atomic E-state index is 0.380. The molecule has 0 saturated carbocycles. The average molecular weight is 278 g/mol. The zero-order valence-electron chi connectivity index (χ0n) is 10.7. The predicted molar refractivity (Wildman–Crippen MR) is 76.3 cm³/mol. The number of aliphatic hydroxyl groups excluding tert-OH is 1. The van der Waals surface area contributed by atoms with Gasteiger partial charge in [0.15, 0.2) is 0 Å². The van der Waals surface area contributed by atoms with Gasteiger partial charge in [-0.3, -0.25) is 0 Å². The Bertz CT molecular complexity index is 531. The molecule has 0 fully saturated rings. The monoisotopic (exact) mass is 277 g/mol. The molecule has 0 aliphatic rings. The van der Waals surface area contributed by atoms with Gasteiger partial charge in [0.2, 0.25) is 0 Å². The Morgan fingerprint density at radius 1 is 1.26 bits per heavy atom. The number of aromatic nitrogens is 2. The molecule has 0 aliphatic heterocycles. The van der Waals surface area contributed by atoms with Crippen molar-refractivity contribution in [3.05, 3.63) is 52.9 Å². The number of anilines is 1. The van der Waals surface area contributed by atoms with Crippen LogP contribution in [0.25, 0.3) is 0 Å². The molecule has 2 aromatic rings. The van der Waals surface area contributed by atoms with Crippen LogP contribution in [-0.4, -0.2) is 21.6 Å².